The number of aromatic nitrogens is 3. The van der Waals surface area contributed by atoms with Gasteiger partial charge in [0.2, 0.25) is 0 Å². The van der Waals surface area contributed by atoms with Gasteiger partial charge in [-0.15, -0.1) is 10.2 Å². The van der Waals surface area contributed by atoms with Crippen LogP contribution in [0.15, 0.2) is 140 Å². The summed E-state index contributed by atoms with van der Waals surface area (Å²) in [7, 11) is 0. The Kier molecular flexibility index (Phi) is 8.38. The summed E-state index contributed by atoms with van der Waals surface area (Å²) >= 11 is 0. The van der Waals surface area contributed by atoms with Crippen molar-refractivity contribution in [3.63, 3.8) is 0 Å². The van der Waals surface area contributed by atoms with Gasteiger partial charge in [0.25, 0.3) is 0 Å². The molecule has 1 N–H and O–H groups in total. The molecule has 1 aromatic heterocycles. The van der Waals surface area contributed by atoms with E-state index in [4.69, 9.17) is 14.7 Å². The minimum absolute atomic E-state index is 0.236. The van der Waals surface area contributed by atoms with Crippen LogP contribution in [0.4, 0.5) is 5.69 Å². The fraction of sp³-hybridized carbons (Fsp3) is 0.0833. The van der Waals surface area contributed by atoms with Gasteiger partial charge in [-0.3, -0.25) is 5.43 Å². The number of ether oxygens (including phenoxy) is 2. The number of nitriles is 1. The molecule has 0 aliphatic carbocycles. The highest BCUT2D eigenvalue weighted by Crippen LogP contribution is 2.33. The monoisotopic (exact) mass is 563 g/mol. The van der Waals surface area contributed by atoms with Crippen molar-refractivity contribution in [2.24, 2.45) is 0 Å². The quantitative estimate of drug-likeness (QED) is 0.177. The molecule has 0 atom stereocenters. The fourth-order valence-corrected chi connectivity index (χ4v) is 4.77. The summed E-state index contributed by atoms with van der Waals surface area (Å²) in [6.45, 7) is 0.994. The van der Waals surface area contributed by atoms with Gasteiger partial charge >= 0.3 is 0 Å². The van der Waals surface area contributed by atoms with Crippen molar-refractivity contribution in [3.05, 3.63) is 173 Å². The molecule has 5 aromatic carbocycles. The van der Waals surface area contributed by atoms with Gasteiger partial charge in [0, 0.05) is 0 Å². The van der Waals surface area contributed by atoms with Crippen LogP contribution in [0.3, 0.4) is 0 Å². The maximum absolute atomic E-state index is 9.16. The van der Waals surface area contributed by atoms with E-state index >= 15 is 0 Å². The normalized spacial score (nSPS) is 10.7. The maximum Gasteiger partial charge on any atom is 0.163 e. The van der Waals surface area contributed by atoms with Crippen molar-refractivity contribution in [1.29, 1.82) is 5.26 Å². The lowest BCUT2D eigenvalue weighted by atomic mass is 9.90. The van der Waals surface area contributed by atoms with E-state index in [2.05, 4.69) is 46.0 Å². The van der Waals surface area contributed by atoms with E-state index < -0.39 is 0 Å². The van der Waals surface area contributed by atoms with Crippen LogP contribution in [0, 0.1) is 11.3 Å². The van der Waals surface area contributed by atoms with E-state index in [1.54, 1.807) is 18.5 Å². The first-order chi connectivity index (χ1) is 21.2. The van der Waals surface area contributed by atoms with E-state index in [1.165, 1.54) is 0 Å². The second-order valence-electron chi connectivity index (χ2n) is 9.98. The number of nitrogens with one attached hydrogen (secondary N) is 1. The third-order valence-electron chi connectivity index (χ3n) is 7.02. The lowest BCUT2D eigenvalue weighted by molar-refractivity contribution is 0.306. The van der Waals surface area contributed by atoms with Crippen LogP contribution >= 0.6 is 0 Å². The predicted octanol–water partition coefficient (Wildman–Crippen LogP) is 7.36. The van der Waals surface area contributed by atoms with Crippen molar-refractivity contribution in [2.45, 2.75) is 19.1 Å². The summed E-state index contributed by atoms with van der Waals surface area (Å²) in [5.74, 6) is 2.04. The minimum atomic E-state index is -0.236. The average Bonchev–Trinajstić information content (AvgIpc) is 3.52. The molecule has 7 heteroatoms. The lowest BCUT2D eigenvalue weighted by Crippen LogP contribution is -2.17. The highest BCUT2D eigenvalue weighted by atomic mass is 16.5. The number of benzene rings is 5. The summed E-state index contributed by atoms with van der Waals surface area (Å²) in [5, 5.41) is 17.9. The van der Waals surface area contributed by atoms with Crippen molar-refractivity contribution >= 4 is 5.69 Å². The van der Waals surface area contributed by atoms with Crippen LogP contribution < -0.4 is 14.9 Å². The van der Waals surface area contributed by atoms with Crippen molar-refractivity contribution in [2.75, 3.05) is 5.43 Å². The van der Waals surface area contributed by atoms with Gasteiger partial charge in [-0.1, -0.05) is 84.9 Å². The van der Waals surface area contributed by atoms with Gasteiger partial charge < -0.3 is 9.47 Å². The second kappa shape index (κ2) is 13.2. The summed E-state index contributed by atoms with van der Waals surface area (Å²) in [4.78, 5) is 0. The van der Waals surface area contributed by atoms with E-state index in [9.17, 15) is 0 Å². The number of hydrogen-bond donors (Lipinski definition) is 1. The highest BCUT2D eigenvalue weighted by Gasteiger charge is 2.23. The number of rotatable bonds is 11. The van der Waals surface area contributed by atoms with Crippen molar-refractivity contribution in [1.82, 2.24) is 14.9 Å². The summed E-state index contributed by atoms with van der Waals surface area (Å²) < 4.78 is 13.9. The van der Waals surface area contributed by atoms with Crippen molar-refractivity contribution in [3.8, 4) is 17.6 Å². The SMILES string of the molecule is N#Cc1ccc(Nn2cnnc2C(c2ccc(OCc3ccccc3)cc2)c2ccc(OCc3ccccc3)cc2)cc1. The van der Waals surface area contributed by atoms with E-state index in [1.807, 2.05) is 102 Å². The lowest BCUT2D eigenvalue weighted by Gasteiger charge is -2.20. The first kappa shape index (κ1) is 27.3. The molecule has 7 nitrogen and oxygen atoms in total. The first-order valence-corrected chi connectivity index (χ1v) is 14.0. The zero-order valence-electron chi connectivity index (χ0n) is 23.4. The van der Waals surface area contributed by atoms with E-state index in [0.717, 1.165) is 39.4 Å². The molecule has 0 amide bonds. The molecule has 43 heavy (non-hydrogen) atoms. The first-order valence-electron chi connectivity index (χ1n) is 14.0. The molecule has 0 bridgehead atoms. The van der Waals surface area contributed by atoms with Gasteiger partial charge in [0.15, 0.2) is 5.82 Å². The van der Waals surface area contributed by atoms with Crippen LogP contribution in [0.5, 0.6) is 11.5 Å². The topological polar surface area (TPSA) is 85.0 Å². The smallest absolute Gasteiger partial charge is 0.163 e. The molecule has 6 aromatic rings. The Morgan fingerprint density at radius 2 is 1.16 bits per heavy atom. The van der Waals surface area contributed by atoms with Gasteiger partial charge in [-0.05, 0) is 70.8 Å². The third kappa shape index (κ3) is 6.89. The molecule has 0 spiro atoms. The summed E-state index contributed by atoms with van der Waals surface area (Å²) in [6.07, 6.45) is 1.65. The molecule has 0 saturated carbocycles. The second-order valence-corrected chi connectivity index (χ2v) is 9.98. The Labute approximate surface area is 250 Å². The van der Waals surface area contributed by atoms with Crippen LogP contribution in [0.1, 0.15) is 39.6 Å². The Morgan fingerprint density at radius 3 is 1.65 bits per heavy atom. The molecule has 0 aliphatic rings. The molecular formula is C36H29N5O2. The van der Waals surface area contributed by atoms with Crippen molar-refractivity contribution < 1.29 is 9.47 Å². The Bertz CT molecular complexity index is 1690. The van der Waals surface area contributed by atoms with Crippen LogP contribution in [-0.4, -0.2) is 14.9 Å². The zero-order valence-corrected chi connectivity index (χ0v) is 23.4. The predicted molar refractivity (Wildman–Crippen MR) is 166 cm³/mol. The number of nitrogens with zero attached hydrogens (tertiary/aromatic N) is 4. The standard InChI is InChI=1S/C36H29N5O2/c37-23-27-11-17-32(18-12-27)40-41-26-38-39-36(41)35(30-13-19-33(20-14-30)42-24-28-7-3-1-4-8-28)31-15-21-34(22-16-31)43-25-29-9-5-2-6-10-29/h1-22,26,35,40H,24-25H2. The van der Waals surface area contributed by atoms with Gasteiger partial charge in [-0.25, -0.2) is 4.68 Å². The van der Waals surface area contributed by atoms with Gasteiger partial charge in [-0.2, -0.15) is 5.26 Å². The fourth-order valence-electron chi connectivity index (χ4n) is 4.77. The molecule has 210 valence electrons. The Balaban J connectivity index is 1.27. The zero-order chi connectivity index (χ0) is 29.3. The van der Waals surface area contributed by atoms with E-state index in [-0.39, 0.29) is 5.92 Å². The highest BCUT2D eigenvalue weighted by molar-refractivity contribution is 5.48. The third-order valence-corrected chi connectivity index (χ3v) is 7.02. The van der Waals surface area contributed by atoms with Crippen LogP contribution in [0.2, 0.25) is 0 Å². The molecule has 6 rings (SSSR count). The largest absolute Gasteiger partial charge is 0.489 e. The molecule has 0 radical (unpaired) electrons. The average molecular weight is 564 g/mol. The Hall–Kier alpha value is -5.87. The van der Waals surface area contributed by atoms with Gasteiger partial charge in [0.1, 0.15) is 31.0 Å². The molecule has 0 aliphatic heterocycles. The number of anilines is 1. The molecule has 1 heterocycles. The van der Waals surface area contributed by atoms with Gasteiger partial charge in [0.05, 0.1) is 23.2 Å². The molecule has 0 fully saturated rings. The number of hydrogen-bond acceptors (Lipinski definition) is 6. The molecule has 0 saturated heterocycles. The summed E-state index contributed by atoms with van der Waals surface area (Å²) in [6, 6.07) is 45.8. The van der Waals surface area contributed by atoms with E-state index in [0.29, 0.717) is 24.6 Å². The molecular weight excluding hydrogens is 534 g/mol. The minimum Gasteiger partial charge on any atom is -0.489 e. The van der Waals surface area contributed by atoms with Crippen LogP contribution in [-0.2, 0) is 13.2 Å². The van der Waals surface area contributed by atoms with Crippen LogP contribution in [0.25, 0.3) is 0 Å². The molecule has 0 unspecified atom stereocenters. The Morgan fingerprint density at radius 1 is 0.651 bits per heavy atom. The summed E-state index contributed by atoms with van der Waals surface area (Å²) in [5.41, 5.74) is 9.04. The maximum atomic E-state index is 9.16.